The first kappa shape index (κ1) is 11.3. The molecule has 3 aliphatic carbocycles. The Kier molecular flexibility index (Phi) is 2.02. The molecule has 0 radical (unpaired) electrons. The molecule has 0 aromatic heterocycles. The molecule has 100 valence electrons. The van der Waals surface area contributed by atoms with Gasteiger partial charge in [-0.05, 0) is 48.3 Å². The summed E-state index contributed by atoms with van der Waals surface area (Å²) in [6.45, 7) is 2.30. The first-order valence-corrected chi connectivity index (χ1v) is 9.10. The second kappa shape index (κ2) is 3.42. The van der Waals surface area contributed by atoms with E-state index in [2.05, 4.69) is 36.9 Å². The Bertz CT molecular complexity index is 563. The Morgan fingerprint density at radius 1 is 1.21 bits per heavy atom. The first-order valence-electron chi connectivity index (χ1n) is 8.06. The Balaban J connectivity index is 1.76. The zero-order valence-electron chi connectivity index (χ0n) is 11.7. The molecular formula is C18H22S. The Hall–Kier alpha value is -0.430. The predicted molar refractivity (Wildman–Crippen MR) is 82.0 cm³/mol. The third-order valence-electron chi connectivity index (χ3n) is 6.72. The smallest absolute Gasteiger partial charge is 0.0189 e. The van der Waals surface area contributed by atoms with Crippen LogP contribution in [0.25, 0.3) is 0 Å². The molecule has 4 aliphatic rings. The van der Waals surface area contributed by atoms with Crippen molar-refractivity contribution in [1.82, 2.24) is 0 Å². The van der Waals surface area contributed by atoms with Crippen LogP contribution in [-0.2, 0) is 17.3 Å². The standard InChI is InChI=1S/C18H22S/c1-2-12-6-7-13-15(9-12)17-8-4-3-5-14(17)16-18(13,10-17)11-19-16/h6-7,9,14,16H,2-5,8,10-11H2,1H3/t14-,16?,17-,18?/m0/s1. The number of thioether (sulfide) groups is 1. The van der Waals surface area contributed by atoms with Crippen molar-refractivity contribution in [1.29, 1.82) is 0 Å². The van der Waals surface area contributed by atoms with Crippen molar-refractivity contribution >= 4 is 11.8 Å². The Morgan fingerprint density at radius 3 is 2.95 bits per heavy atom. The molecule has 2 unspecified atom stereocenters. The van der Waals surface area contributed by atoms with Gasteiger partial charge in [0.2, 0.25) is 0 Å². The van der Waals surface area contributed by atoms with Crippen LogP contribution in [0.2, 0.25) is 0 Å². The molecule has 2 bridgehead atoms. The molecule has 2 spiro atoms. The number of hydrogen-bond donors (Lipinski definition) is 0. The van der Waals surface area contributed by atoms with Crippen LogP contribution < -0.4 is 0 Å². The molecule has 5 rings (SSSR count). The van der Waals surface area contributed by atoms with Crippen LogP contribution in [0.3, 0.4) is 0 Å². The first-order chi connectivity index (χ1) is 9.30. The summed E-state index contributed by atoms with van der Waals surface area (Å²) in [7, 11) is 0. The monoisotopic (exact) mass is 270 g/mol. The molecule has 0 N–H and O–H groups in total. The Labute approximate surface area is 120 Å². The van der Waals surface area contributed by atoms with E-state index in [0.29, 0.717) is 10.8 Å². The van der Waals surface area contributed by atoms with Crippen molar-refractivity contribution in [3.63, 3.8) is 0 Å². The summed E-state index contributed by atoms with van der Waals surface area (Å²) in [5, 5.41) is 0.979. The molecule has 1 heterocycles. The van der Waals surface area contributed by atoms with Gasteiger partial charge in [-0.25, -0.2) is 0 Å². The van der Waals surface area contributed by atoms with Crippen molar-refractivity contribution in [3.8, 4) is 0 Å². The lowest BCUT2D eigenvalue weighted by molar-refractivity contribution is 0.223. The minimum atomic E-state index is 0.604. The largest absolute Gasteiger partial charge is 0.156 e. The van der Waals surface area contributed by atoms with E-state index in [0.717, 1.165) is 11.2 Å². The summed E-state index contributed by atoms with van der Waals surface area (Å²) >= 11 is 2.28. The van der Waals surface area contributed by atoms with Gasteiger partial charge in [0.25, 0.3) is 0 Å². The van der Waals surface area contributed by atoms with Crippen LogP contribution in [0.15, 0.2) is 18.2 Å². The van der Waals surface area contributed by atoms with Gasteiger partial charge in [0.05, 0.1) is 0 Å². The summed E-state index contributed by atoms with van der Waals surface area (Å²) in [4.78, 5) is 0. The third-order valence-corrected chi connectivity index (χ3v) is 8.54. The van der Waals surface area contributed by atoms with E-state index >= 15 is 0 Å². The van der Waals surface area contributed by atoms with Crippen LogP contribution in [0.1, 0.15) is 55.7 Å². The zero-order chi connectivity index (χ0) is 12.7. The molecule has 2 saturated carbocycles. The molecular weight excluding hydrogens is 248 g/mol. The number of fused-ring (bicyclic) bond motifs is 2. The maximum absolute atomic E-state index is 2.60. The maximum Gasteiger partial charge on any atom is 0.0189 e. The summed E-state index contributed by atoms with van der Waals surface area (Å²) < 4.78 is 0. The summed E-state index contributed by atoms with van der Waals surface area (Å²) in [5.74, 6) is 2.42. The van der Waals surface area contributed by atoms with E-state index in [1.54, 1.807) is 16.7 Å². The third kappa shape index (κ3) is 1.09. The highest BCUT2D eigenvalue weighted by molar-refractivity contribution is 8.01. The predicted octanol–water partition coefficient (Wildman–Crippen LogP) is 4.45. The van der Waals surface area contributed by atoms with Crippen LogP contribution >= 0.6 is 11.8 Å². The summed E-state index contributed by atoms with van der Waals surface area (Å²) in [6.07, 6.45) is 8.65. The normalized spacial score (nSPS) is 45.3. The maximum atomic E-state index is 2.60. The average Bonchev–Trinajstić information content (AvgIpc) is 2.83. The van der Waals surface area contributed by atoms with Crippen LogP contribution in [0.4, 0.5) is 0 Å². The van der Waals surface area contributed by atoms with Crippen molar-refractivity contribution in [3.05, 3.63) is 34.9 Å². The molecule has 1 saturated heterocycles. The van der Waals surface area contributed by atoms with Gasteiger partial charge in [-0.3, -0.25) is 0 Å². The van der Waals surface area contributed by atoms with Crippen molar-refractivity contribution in [2.24, 2.45) is 5.92 Å². The highest BCUT2D eigenvalue weighted by atomic mass is 32.2. The fraction of sp³-hybridized carbons (Fsp3) is 0.667. The summed E-state index contributed by atoms with van der Waals surface area (Å²) in [5.41, 5.74) is 6.35. The number of rotatable bonds is 1. The quantitative estimate of drug-likeness (QED) is 0.726. The van der Waals surface area contributed by atoms with E-state index in [4.69, 9.17) is 0 Å². The van der Waals surface area contributed by atoms with Gasteiger partial charge in [-0.2, -0.15) is 11.8 Å². The number of aryl methyl sites for hydroxylation is 1. The molecule has 19 heavy (non-hydrogen) atoms. The minimum Gasteiger partial charge on any atom is -0.156 e. The van der Waals surface area contributed by atoms with Gasteiger partial charge in [-0.15, -0.1) is 0 Å². The van der Waals surface area contributed by atoms with Crippen LogP contribution in [0.5, 0.6) is 0 Å². The zero-order valence-corrected chi connectivity index (χ0v) is 12.6. The van der Waals surface area contributed by atoms with E-state index in [1.807, 2.05) is 0 Å². The molecule has 1 aromatic rings. The summed E-state index contributed by atoms with van der Waals surface area (Å²) in [6, 6.07) is 7.52. The van der Waals surface area contributed by atoms with Gasteiger partial charge < -0.3 is 0 Å². The SMILES string of the molecule is CCc1ccc2c(c1)[C@]13CCCC[C@H]1C1SCC21C3. The van der Waals surface area contributed by atoms with Gasteiger partial charge >= 0.3 is 0 Å². The van der Waals surface area contributed by atoms with Gasteiger partial charge in [0.1, 0.15) is 0 Å². The molecule has 0 amide bonds. The van der Waals surface area contributed by atoms with Crippen LogP contribution in [0, 0.1) is 5.92 Å². The van der Waals surface area contributed by atoms with Crippen molar-refractivity contribution in [2.45, 2.75) is 61.5 Å². The fourth-order valence-corrected chi connectivity index (χ4v) is 7.80. The fourth-order valence-electron chi connectivity index (χ4n) is 5.94. The molecule has 3 fully saturated rings. The second-order valence-electron chi connectivity index (χ2n) is 7.31. The second-order valence-corrected chi connectivity index (χ2v) is 8.44. The lowest BCUT2D eigenvalue weighted by atomic mass is 9.62. The molecule has 1 heteroatoms. The van der Waals surface area contributed by atoms with E-state index in [9.17, 15) is 0 Å². The topological polar surface area (TPSA) is 0 Å². The van der Waals surface area contributed by atoms with Crippen molar-refractivity contribution < 1.29 is 0 Å². The van der Waals surface area contributed by atoms with Crippen LogP contribution in [-0.4, -0.2) is 11.0 Å². The number of hydrogen-bond acceptors (Lipinski definition) is 1. The average molecular weight is 270 g/mol. The number of benzene rings is 1. The highest BCUT2D eigenvalue weighted by Gasteiger charge is 2.71. The Morgan fingerprint density at radius 2 is 2.16 bits per heavy atom. The van der Waals surface area contributed by atoms with Gasteiger partial charge in [0.15, 0.2) is 0 Å². The highest BCUT2D eigenvalue weighted by Crippen LogP contribution is 2.75. The minimum absolute atomic E-state index is 0.604. The molecule has 1 aliphatic heterocycles. The van der Waals surface area contributed by atoms with E-state index in [1.165, 1.54) is 44.3 Å². The van der Waals surface area contributed by atoms with E-state index < -0.39 is 0 Å². The van der Waals surface area contributed by atoms with Crippen molar-refractivity contribution in [2.75, 3.05) is 5.75 Å². The molecule has 4 atom stereocenters. The lowest BCUT2D eigenvalue weighted by Crippen LogP contribution is -2.50. The van der Waals surface area contributed by atoms with Gasteiger partial charge in [0, 0.05) is 21.8 Å². The molecule has 0 nitrogen and oxygen atoms in total. The van der Waals surface area contributed by atoms with Gasteiger partial charge in [-0.1, -0.05) is 38.0 Å². The lowest BCUT2D eigenvalue weighted by Gasteiger charge is -2.51. The molecule has 1 aromatic carbocycles. The van der Waals surface area contributed by atoms with E-state index in [-0.39, 0.29) is 0 Å².